The Labute approximate surface area is 231 Å². The minimum Gasteiger partial charge on any atom is -0.480 e. The number of unbranched alkanes of at least 4 members (excludes halogenated alkanes) is 1. The molecule has 1 atom stereocenters. The molecule has 0 aromatic heterocycles. The highest BCUT2D eigenvalue weighted by atomic mass is 16.6. The van der Waals surface area contributed by atoms with Crippen molar-refractivity contribution < 1.29 is 19.4 Å². The number of ether oxygens (including phenoxy) is 1. The van der Waals surface area contributed by atoms with Gasteiger partial charge >= 0.3 is 12.1 Å². The molecule has 2 fully saturated rings. The second kappa shape index (κ2) is 20.8. The van der Waals surface area contributed by atoms with Gasteiger partial charge in [-0.05, 0) is 65.5 Å². The van der Waals surface area contributed by atoms with E-state index >= 15 is 0 Å². The van der Waals surface area contributed by atoms with E-state index in [9.17, 15) is 14.7 Å². The van der Waals surface area contributed by atoms with Crippen molar-refractivity contribution in [3.05, 3.63) is 35.9 Å². The number of benzene rings is 1. The summed E-state index contributed by atoms with van der Waals surface area (Å²) in [7, 11) is 2.07. The minimum atomic E-state index is -0.856. The highest BCUT2D eigenvalue weighted by Gasteiger charge is 2.17. The zero-order valence-electron chi connectivity index (χ0n) is 24.5. The summed E-state index contributed by atoms with van der Waals surface area (Å²) in [4.78, 5) is 22.8. The number of hydrogen-bond acceptors (Lipinski definition) is 5. The molecule has 2 aliphatic rings. The average molecular weight is 534 g/mol. The van der Waals surface area contributed by atoms with Crippen molar-refractivity contribution in [3.63, 3.8) is 0 Å². The Hall–Kier alpha value is -2.12. The van der Waals surface area contributed by atoms with Crippen LogP contribution in [0.25, 0.3) is 0 Å². The number of alkyl carbamates (subject to hydrolysis) is 1. The summed E-state index contributed by atoms with van der Waals surface area (Å²) in [6, 6.07) is 9.93. The molecule has 7 nitrogen and oxygen atoms in total. The number of carbonyl (C=O) groups excluding carboxylic acids is 1. The fraction of sp³-hybridized carbons (Fsp3) is 0.742. The lowest BCUT2D eigenvalue weighted by atomic mass is 9.96. The molecule has 4 N–H and O–H groups in total. The predicted molar refractivity (Wildman–Crippen MR) is 156 cm³/mol. The zero-order chi connectivity index (χ0) is 28.1. The van der Waals surface area contributed by atoms with Crippen LogP contribution in [0.4, 0.5) is 4.79 Å². The minimum absolute atomic E-state index is 0.445. The maximum Gasteiger partial charge on any atom is 0.407 e. The fourth-order valence-corrected chi connectivity index (χ4v) is 4.58. The van der Waals surface area contributed by atoms with E-state index in [-0.39, 0.29) is 0 Å². The van der Waals surface area contributed by atoms with Gasteiger partial charge in [-0.1, -0.05) is 88.1 Å². The molecule has 1 amide bonds. The van der Waals surface area contributed by atoms with Crippen molar-refractivity contribution in [2.24, 2.45) is 0 Å². The van der Waals surface area contributed by atoms with E-state index in [4.69, 9.17) is 4.74 Å². The molecule has 218 valence electrons. The number of carboxylic acids is 1. The number of amides is 1. The molecule has 0 radical (unpaired) electrons. The van der Waals surface area contributed by atoms with Crippen LogP contribution in [0, 0.1) is 0 Å². The lowest BCUT2D eigenvalue weighted by molar-refractivity contribution is -0.139. The van der Waals surface area contributed by atoms with Crippen LogP contribution in [0.15, 0.2) is 30.3 Å². The van der Waals surface area contributed by atoms with Crippen molar-refractivity contribution in [2.75, 3.05) is 13.6 Å². The van der Waals surface area contributed by atoms with E-state index in [1.807, 2.05) is 51.1 Å². The van der Waals surface area contributed by atoms with Gasteiger partial charge in [0.15, 0.2) is 0 Å². The molecule has 7 heteroatoms. The predicted octanol–water partition coefficient (Wildman–Crippen LogP) is 6.80. The Morgan fingerprint density at radius 3 is 1.95 bits per heavy atom. The van der Waals surface area contributed by atoms with Crippen LogP contribution in [0.5, 0.6) is 0 Å². The normalized spacial score (nSPS) is 16.6. The highest BCUT2D eigenvalue weighted by Crippen LogP contribution is 2.16. The fourth-order valence-electron chi connectivity index (χ4n) is 4.58. The molecule has 1 aromatic rings. The molecule has 0 bridgehead atoms. The number of carbonyl (C=O) groups is 2. The third kappa shape index (κ3) is 19.0. The van der Waals surface area contributed by atoms with Crippen LogP contribution in [0.3, 0.4) is 0 Å². The molecule has 0 spiro atoms. The first-order valence-electron chi connectivity index (χ1n) is 14.9. The maximum absolute atomic E-state index is 11.5. The number of aliphatic carboxylic acids is 1. The van der Waals surface area contributed by atoms with Crippen molar-refractivity contribution in [3.8, 4) is 0 Å². The summed E-state index contributed by atoms with van der Waals surface area (Å²) in [6.07, 6.45) is 17.6. The molecule has 0 unspecified atom stereocenters. The van der Waals surface area contributed by atoms with E-state index in [1.54, 1.807) is 0 Å². The van der Waals surface area contributed by atoms with Gasteiger partial charge in [-0.3, -0.25) is 4.79 Å². The number of rotatable bonds is 10. The van der Waals surface area contributed by atoms with Crippen molar-refractivity contribution in [1.29, 1.82) is 0 Å². The van der Waals surface area contributed by atoms with E-state index in [0.29, 0.717) is 32.4 Å². The summed E-state index contributed by atoms with van der Waals surface area (Å²) in [6.45, 7) is 6.42. The van der Waals surface area contributed by atoms with E-state index in [0.717, 1.165) is 11.6 Å². The van der Waals surface area contributed by atoms with Gasteiger partial charge in [0.25, 0.3) is 0 Å². The van der Waals surface area contributed by atoms with Gasteiger partial charge in [-0.25, -0.2) is 4.79 Å². The first-order valence-corrected chi connectivity index (χ1v) is 14.9. The van der Waals surface area contributed by atoms with Crippen LogP contribution in [-0.4, -0.2) is 48.4 Å². The maximum atomic E-state index is 11.5. The van der Waals surface area contributed by atoms with Crippen molar-refractivity contribution in [2.45, 2.75) is 135 Å². The highest BCUT2D eigenvalue weighted by molar-refractivity contribution is 5.73. The third-order valence-electron chi connectivity index (χ3n) is 6.79. The van der Waals surface area contributed by atoms with Crippen LogP contribution < -0.4 is 16.0 Å². The van der Waals surface area contributed by atoms with Crippen LogP contribution >= 0.6 is 0 Å². The van der Waals surface area contributed by atoms with Crippen molar-refractivity contribution in [1.82, 2.24) is 16.0 Å². The number of carboxylic acid groups (broad SMARTS) is 1. The monoisotopic (exact) mass is 533 g/mol. The van der Waals surface area contributed by atoms with E-state index < -0.39 is 23.7 Å². The Balaban J connectivity index is 0.000000412. The lowest BCUT2D eigenvalue weighted by Crippen LogP contribution is -2.36. The Bertz CT molecular complexity index is 715. The molecule has 38 heavy (non-hydrogen) atoms. The molecular formula is C31H55N3O4. The molecule has 0 heterocycles. The lowest BCUT2D eigenvalue weighted by Gasteiger charge is -2.20. The first kappa shape index (κ1) is 33.9. The average Bonchev–Trinajstić information content (AvgIpc) is 2.92. The van der Waals surface area contributed by atoms with Gasteiger partial charge in [0.1, 0.15) is 11.6 Å². The van der Waals surface area contributed by atoms with Crippen LogP contribution in [-0.2, 0) is 16.1 Å². The third-order valence-corrected chi connectivity index (χ3v) is 6.79. The summed E-state index contributed by atoms with van der Waals surface area (Å²) in [5, 5.41) is 18.3. The SMILES string of the molecule is C1CCCCC1.CC(C)(C)OC(=O)NCCCC[C@H](NCc1ccccc1)C(=O)O.CNC1CCCCC1. The molecule has 1 aromatic carbocycles. The van der Waals surface area contributed by atoms with E-state index in [2.05, 4.69) is 23.0 Å². The van der Waals surface area contributed by atoms with Gasteiger partial charge in [0, 0.05) is 19.1 Å². The number of hydrogen-bond donors (Lipinski definition) is 4. The quantitative estimate of drug-likeness (QED) is 0.247. The topological polar surface area (TPSA) is 99.7 Å². The molecule has 3 rings (SSSR count). The number of nitrogens with one attached hydrogen (secondary N) is 3. The standard InChI is InChI=1S/C18H28N2O4.C7H15N.C6H12/c1-18(2,3)24-17(23)19-12-8-7-11-15(16(21)22)20-13-14-9-5-4-6-10-14;1-8-7-5-3-2-4-6-7;1-2-4-6-5-3-1/h4-6,9-10,15,20H,7-8,11-13H2,1-3H3,(H,19,23)(H,21,22);7-8H,2-6H2,1H3;1-6H2/t15-;;/m0../s1. The van der Waals surface area contributed by atoms with Gasteiger partial charge in [-0.2, -0.15) is 0 Å². The van der Waals surface area contributed by atoms with Crippen LogP contribution in [0.1, 0.15) is 116 Å². The molecule has 2 aliphatic carbocycles. The molecule has 2 saturated carbocycles. The van der Waals surface area contributed by atoms with Crippen molar-refractivity contribution >= 4 is 12.1 Å². The van der Waals surface area contributed by atoms with E-state index in [1.165, 1.54) is 70.6 Å². The molecule has 0 saturated heterocycles. The smallest absolute Gasteiger partial charge is 0.407 e. The van der Waals surface area contributed by atoms with Gasteiger partial charge in [-0.15, -0.1) is 0 Å². The largest absolute Gasteiger partial charge is 0.480 e. The summed E-state index contributed by atoms with van der Waals surface area (Å²) in [5.74, 6) is -0.856. The zero-order valence-corrected chi connectivity index (χ0v) is 24.5. The first-order chi connectivity index (χ1) is 18.2. The Morgan fingerprint density at radius 1 is 0.921 bits per heavy atom. The van der Waals surface area contributed by atoms with Gasteiger partial charge < -0.3 is 25.8 Å². The summed E-state index contributed by atoms with van der Waals surface area (Å²) >= 11 is 0. The Kier molecular flexibility index (Phi) is 18.6. The Morgan fingerprint density at radius 2 is 1.47 bits per heavy atom. The summed E-state index contributed by atoms with van der Waals surface area (Å²) in [5.41, 5.74) is 0.537. The summed E-state index contributed by atoms with van der Waals surface area (Å²) < 4.78 is 5.13. The van der Waals surface area contributed by atoms with Crippen LogP contribution in [0.2, 0.25) is 0 Å². The second-order valence-corrected chi connectivity index (χ2v) is 11.4. The molecular weight excluding hydrogens is 478 g/mol. The van der Waals surface area contributed by atoms with Gasteiger partial charge in [0.2, 0.25) is 0 Å². The second-order valence-electron chi connectivity index (χ2n) is 11.4. The van der Waals surface area contributed by atoms with Gasteiger partial charge in [0.05, 0.1) is 0 Å². The molecule has 0 aliphatic heterocycles.